The van der Waals surface area contributed by atoms with Gasteiger partial charge in [0.15, 0.2) is 0 Å². The van der Waals surface area contributed by atoms with Gasteiger partial charge in [-0.2, -0.15) is 0 Å². The van der Waals surface area contributed by atoms with Gasteiger partial charge < -0.3 is 10.6 Å². The molecule has 1 aliphatic heterocycles. The molecular formula is C12H14N6O2S. The van der Waals surface area contributed by atoms with E-state index in [-0.39, 0.29) is 11.1 Å². The first-order valence-electron chi connectivity index (χ1n) is 6.35. The van der Waals surface area contributed by atoms with Gasteiger partial charge in [0.2, 0.25) is 20.9 Å². The van der Waals surface area contributed by atoms with E-state index in [1.807, 2.05) is 4.90 Å². The molecule has 0 bridgehead atoms. The molecule has 9 heteroatoms. The van der Waals surface area contributed by atoms with Crippen LogP contribution in [0.3, 0.4) is 0 Å². The summed E-state index contributed by atoms with van der Waals surface area (Å²) in [5.74, 6) is 0.752. The minimum Gasteiger partial charge on any atom is -0.368 e. The van der Waals surface area contributed by atoms with Crippen LogP contribution in [-0.2, 0) is 9.84 Å². The fraction of sp³-hybridized carbons (Fsp3) is 0.333. The Hall–Kier alpha value is -2.29. The summed E-state index contributed by atoms with van der Waals surface area (Å²) >= 11 is 0. The van der Waals surface area contributed by atoms with Crippen LogP contribution in [0.25, 0.3) is 11.3 Å². The zero-order valence-corrected chi connectivity index (χ0v) is 12.2. The molecule has 110 valence electrons. The molecule has 1 fully saturated rings. The molecular weight excluding hydrogens is 292 g/mol. The number of nitrogens with two attached hydrogens (primary N) is 1. The Kier molecular flexibility index (Phi) is 3.20. The van der Waals surface area contributed by atoms with Crippen LogP contribution in [-0.4, -0.2) is 47.7 Å². The molecule has 3 rings (SSSR count). The predicted octanol–water partition coefficient (Wildman–Crippen LogP) is 0.129. The van der Waals surface area contributed by atoms with Gasteiger partial charge in [-0.1, -0.05) is 0 Å². The summed E-state index contributed by atoms with van der Waals surface area (Å²) in [6, 6.07) is 1.74. The Morgan fingerprint density at radius 3 is 2.38 bits per heavy atom. The SMILES string of the molecule is CS(=O)(=O)c1nc(-c2cnc(N)nc2)cc(N2CCC2)n1. The van der Waals surface area contributed by atoms with E-state index in [1.54, 1.807) is 6.07 Å². The van der Waals surface area contributed by atoms with Crippen LogP contribution < -0.4 is 10.6 Å². The van der Waals surface area contributed by atoms with Gasteiger partial charge in [-0.25, -0.2) is 28.4 Å². The lowest BCUT2D eigenvalue weighted by molar-refractivity contribution is 0.585. The number of sulfone groups is 1. The van der Waals surface area contributed by atoms with Gasteiger partial charge >= 0.3 is 0 Å². The highest BCUT2D eigenvalue weighted by Crippen LogP contribution is 2.25. The molecule has 0 aromatic carbocycles. The monoisotopic (exact) mass is 306 g/mol. The molecule has 3 heterocycles. The van der Waals surface area contributed by atoms with Crippen molar-refractivity contribution in [2.45, 2.75) is 11.6 Å². The summed E-state index contributed by atoms with van der Waals surface area (Å²) in [6.07, 6.45) is 5.18. The summed E-state index contributed by atoms with van der Waals surface area (Å²) < 4.78 is 23.5. The van der Waals surface area contributed by atoms with Crippen molar-refractivity contribution < 1.29 is 8.42 Å². The number of hydrogen-bond acceptors (Lipinski definition) is 8. The summed E-state index contributed by atoms with van der Waals surface area (Å²) in [5, 5.41) is -0.196. The van der Waals surface area contributed by atoms with Gasteiger partial charge in [-0.05, 0) is 6.42 Å². The normalized spacial score (nSPS) is 14.8. The van der Waals surface area contributed by atoms with Crippen LogP contribution in [0.4, 0.5) is 11.8 Å². The lowest BCUT2D eigenvalue weighted by Crippen LogP contribution is -2.38. The van der Waals surface area contributed by atoms with E-state index in [9.17, 15) is 8.42 Å². The zero-order valence-electron chi connectivity index (χ0n) is 11.4. The van der Waals surface area contributed by atoms with Crippen LogP contribution >= 0.6 is 0 Å². The van der Waals surface area contributed by atoms with Crippen molar-refractivity contribution in [3.63, 3.8) is 0 Å². The predicted molar refractivity (Wildman–Crippen MR) is 77.4 cm³/mol. The first-order valence-corrected chi connectivity index (χ1v) is 8.24. The van der Waals surface area contributed by atoms with Gasteiger partial charge in [0.1, 0.15) is 5.82 Å². The van der Waals surface area contributed by atoms with Gasteiger partial charge in [0.25, 0.3) is 0 Å². The quantitative estimate of drug-likeness (QED) is 0.796. The van der Waals surface area contributed by atoms with Crippen LogP contribution in [0, 0.1) is 0 Å². The molecule has 0 amide bonds. The molecule has 0 radical (unpaired) electrons. The second-order valence-corrected chi connectivity index (χ2v) is 6.75. The van der Waals surface area contributed by atoms with Crippen molar-refractivity contribution in [3.05, 3.63) is 18.5 Å². The standard InChI is InChI=1S/C12H14N6O2S/c1-21(19,20)12-16-9(8-6-14-11(13)15-7-8)5-10(17-12)18-3-2-4-18/h5-7H,2-4H2,1H3,(H2,13,14,15). The van der Waals surface area contributed by atoms with Crippen LogP contribution in [0.5, 0.6) is 0 Å². The number of anilines is 2. The molecule has 2 aromatic rings. The largest absolute Gasteiger partial charge is 0.368 e. The van der Waals surface area contributed by atoms with Gasteiger partial charge in [-0.3, -0.25) is 0 Å². The number of rotatable bonds is 3. The van der Waals surface area contributed by atoms with Gasteiger partial charge in [0, 0.05) is 43.4 Å². The average molecular weight is 306 g/mol. The van der Waals surface area contributed by atoms with E-state index < -0.39 is 9.84 Å². The lowest BCUT2D eigenvalue weighted by atomic mass is 10.2. The number of aromatic nitrogens is 4. The highest BCUT2D eigenvalue weighted by Gasteiger charge is 2.21. The summed E-state index contributed by atoms with van der Waals surface area (Å²) in [4.78, 5) is 18.0. The third-order valence-corrected chi connectivity index (χ3v) is 4.02. The molecule has 21 heavy (non-hydrogen) atoms. The first kappa shape index (κ1) is 13.7. The third kappa shape index (κ3) is 2.77. The Balaban J connectivity index is 2.12. The molecule has 1 saturated heterocycles. The lowest BCUT2D eigenvalue weighted by Gasteiger charge is -2.32. The van der Waals surface area contributed by atoms with Gasteiger partial charge in [0.05, 0.1) is 5.69 Å². The van der Waals surface area contributed by atoms with E-state index in [1.165, 1.54) is 12.4 Å². The molecule has 0 spiro atoms. The summed E-state index contributed by atoms with van der Waals surface area (Å²) in [6.45, 7) is 1.72. The molecule has 8 nitrogen and oxygen atoms in total. The topological polar surface area (TPSA) is 115 Å². The highest BCUT2D eigenvalue weighted by molar-refractivity contribution is 7.90. The number of nitrogens with zero attached hydrogens (tertiary/aromatic N) is 5. The molecule has 1 aliphatic rings. The maximum atomic E-state index is 11.8. The maximum absolute atomic E-state index is 11.8. The van der Waals surface area contributed by atoms with Crippen molar-refractivity contribution in [1.29, 1.82) is 0 Å². The average Bonchev–Trinajstić information content (AvgIpc) is 2.36. The van der Waals surface area contributed by atoms with E-state index in [4.69, 9.17) is 5.73 Å². The van der Waals surface area contributed by atoms with Crippen molar-refractivity contribution in [1.82, 2.24) is 19.9 Å². The highest BCUT2D eigenvalue weighted by atomic mass is 32.2. The molecule has 0 saturated carbocycles. The summed E-state index contributed by atoms with van der Waals surface area (Å²) in [5.41, 5.74) is 6.51. The zero-order chi connectivity index (χ0) is 15.0. The van der Waals surface area contributed by atoms with Crippen molar-refractivity contribution in [2.75, 3.05) is 30.0 Å². The molecule has 2 aromatic heterocycles. The molecule has 0 unspecified atom stereocenters. The van der Waals surface area contributed by atoms with Crippen LogP contribution in [0.15, 0.2) is 23.6 Å². The van der Waals surface area contributed by atoms with E-state index in [2.05, 4.69) is 19.9 Å². The second-order valence-electron chi connectivity index (χ2n) is 4.84. The van der Waals surface area contributed by atoms with Gasteiger partial charge in [-0.15, -0.1) is 0 Å². The Morgan fingerprint density at radius 1 is 1.19 bits per heavy atom. The van der Waals surface area contributed by atoms with E-state index >= 15 is 0 Å². The van der Waals surface area contributed by atoms with E-state index in [0.717, 1.165) is 25.8 Å². The molecule has 0 aliphatic carbocycles. The van der Waals surface area contributed by atoms with Crippen molar-refractivity contribution in [2.24, 2.45) is 0 Å². The summed E-state index contributed by atoms with van der Waals surface area (Å²) in [7, 11) is -3.50. The van der Waals surface area contributed by atoms with Crippen molar-refractivity contribution in [3.8, 4) is 11.3 Å². The van der Waals surface area contributed by atoms with Crippen LogP contribution in [0.2, 0.25) is 0 Å². The van der Waals surface area contributed by atoms with Crippen molar-refractivity contribution >= 4 is 21.6 Å². The maximum Gasteiger partial charge on any atom is 0.249 e. The Labute approximate surface area is 122 Å². The van der Waals surface area contributed by atoms with Crippen LogP contribution in [0.1, 0.15) is 6.42 Å². The molecule has 0 atom stereocenters. The molecule has 2 N–H and O–H groups in total. The first-order chi connectivity index (χ1) is 9.93. The number of nitrogen functional groups attached to an aromatic ring is 1. The fourth-order valence-electron chi connectivity index (χ4n) is 1.90. The Bertz CT molecular complexity index is 771. The number of hydrogen-bond donors (Lipinski definition) is 1. The fourth-order valence-corrected chi connectivity index (χ4v) is 2.43. The smallest absolute Gasteiger partial charge is 0.249 e. The minimum atomic E-state index is -3.50. The third-order valence-electron chi connectivity index (χ3n) is 3.17. The second kappa shape index (κ2) is 4.92. The van der Waals surface area contributed by atoms with E-state index in [0.29, 0.717) is 17.1 Å². The minimum absolute atomic E-state index is 0.152. The Morgan fingerprint density at radius 2 is 1.86 bits per heavy atom.